The number of carbonyl (C=O) groups excluding carboxylic acids is 1. The molecule has 0 bridgehead atoms. The van der Waals surface area contributed by atoms with Gasteiger partial charge in [-0.25, -0.2) is 22.7 Å². The monoisotopic (exact) mass is 352 g/mol. The van der Waals surface area contributed by atoms with Gasteiger partial charge < -0.3 is 9.73 Å². The molecule has 0 aromatic carbocycles. The minimum absolute atomic E-state index is 0.0379. The smallest absolute Gasteiger partial charge is 0.291 e. The van der Waals surface area contributed by atoms with Crippen LogP contribution in [0.3, 0.4) is 0 Å². The van der Waals surface area contributed by atoms with E-state index in [1.807, 2.05) is 13.8 Å². The summed E-state index contributed by atoms with van der Waals surface area (Å²) in [6.07, 6.45) is 2.99. The molecule has 2 heterocycles. The fourth-order valence-corrected chi connectivity index (χ4v) is 2.98. The topological polar surface area (TPSA) is 105 Å². The van der Waals surface area contributed by atoms with Gasteiger partial charge in [-0.1, -0.05) is 13.8 Å². The molecule has 0 unspecified atom stereocenters. The van der Waals surface area contributed by atoms with E-state index in [4.69, 9.17) is 4.42 Å². The van der Waals surface area contributed by atoms with Gasteiger partial charge in [0.15, 0.2) is 5.76 Å². The van der Waals surface area contributed by atoms with Crippen LogP contribution in [0, 0.1) is 6.92 Å². The second-order valence-corrected chi connectivity index (χ2v) is 7.88. The summed E-state index contributed by atoms with van der Waals surface area (Å²) in [6, 6.07) is 1.21. The molecular formula is C15H20N4O4S. The molecule has 2 aromatic rings. The summed E-state index contributed by atoms with van der Waals surface area (Å²) in [7, 11) is -0.850. The van der Waals surface area contributed by atoms with E-state index in [1.54, 1.807) is 0 Å². The minimum Gasteiger partial charge on any atom is -0.455 e. The van der Waals surface area contributed by atoms with Gasteiger partial charge in [-0.05, 0) is 6.92 Å². The molecular weight excluding hydrogens is 332 g/mol. The van der Waals surface area contributed by atoms with Gasteiger partial charge in [0, 0.05) is 26.1 Å². The quantitative estimate of drug-likeness (QED) is 0.882. The number of hydrogen-bond acceptors (Lipinski definition) is 6. The first-order chi connectivity index (χ1) is 11.1. The Labute approximate surface area is 141 Å². The zero-order chi connectivity index (χ0) is 18.1. The van der Waals surface area contributed by atoms with E-state index in [0.29, 0.717) is 11.5 Å². The molecule has 8 nitrogen and oxygen atoms in total. The Kier molecular flexibility index (Phi) is 5.05. The number of carbonyl (C=O) groups is 1. The predicted molar refractivity (Wildman–Crippen MR) is 88.4 cm³/mol. The molecule has 2 aromatic heterocycles. The van der Waals surface area contributed by atoms with Crippen molar-refractivity contribution < 1.29 is 17.6 Å². The van der Waals surface area contributed by atoms with Crippen molar-refractivity contribution in [3.05, 3.63) is 35.8 Å². The Bertz CT molecular complexity index is 839. The summed E-state index contributed by atoms with van der Waals surface area (Å²) in [5.41, 5.74) is 0.399. The van der Waals surface area contributed by atoms with E-state index < -0.39 is 15.9 Å². The van der Waals surface area contributed by atoms with Crippen molar-refractivity contribution in [2.24, 2.45) is 0 Å². The molecule has 2 rings (SSSR count). The number of nitrogens with one attached hydrogen (secondary N) is 1. The molecule has 24 heavy (non-hydrogen) atoms. The highest BCUT2D eigenvalue weighted by Gasteiger charge is 2.26. The predicted octanol–water partition coefficient (Wildman–Crippen LogP) is 2.00. The van der Waals surface area contributed by atoms with Gasteiger partial charge in [0.1, 0.15) is 16.5 Å². The molecule has 1 N–H and O–H groups in total. The molecule has 0 atom stereocenters. The van der Waals surface area contributed by atoms with Crippen molar-refractivity contribution in [3.63, 3.8) is 0 Å². The first-order valence-corrected chi connectivity index (χ1v) is 8.73. The average Bonchev–Trinajstić information content (AvgIpc) is 2.90. The second kappa shape index (κ2) is 6.70. The fourth-order valence-electron chi connectivity index (χ4n) is 1.92. The summed E-state index contributed by atoms with van der Waals surface area (Å²) in [5.74, 6) is 0.336. The van der Waals surface area contributed by atoms with Gasteiger partial charge in [0.2, 0.25) is 10.0 Å². The molecule has 0 aliphatic rings. The van der Waals surface area contributed by atoms with Crippen LogP contribution in [0.25, 0.3) is 0 Å². The van der Waals surface area contributed by atoms with E-state index in [1.165, 1.54) is 39.5 Å². The Hall–Kier alpha value is -2.26. The first-order valence-electron chi connectivity index (χ1n) is 7.29. The van der Waals surface area contributed by atoms with E-state index >= 15 is 0 Å². The zero-order valence-corrected chi connectivity index (χ0v) is 15.0. The third kappa shape index (κ3) is 3.62. The van der Waals surface area contributed by atoms with Crippen LogP contribution in [0.1, 0.15) is 41.9 Å². The molecule has 0 aliphatic carbocycles. The number of hydrogen-bond donors (Lipinski definition) is 1. The summed E-state index contributed by atoms with van der Waals surface area (Å²) in [4.78, 5) is 20.5. The first kappa shape index (κ1) is 18.1. The van der Waals surface area contributed by atoms with Crippen LogP contribution in [-0.4, -0.2) is 42.7 Å². The number of rotatable bonds is 5. The van der Waals surface area contributed by atoms with E-state index in [-0.39, 0.29) is 22.3 Å². The number of anilines is 1. The van der Waals surface area contributed by atoms with Crippen LogP contribution in [0.4, 0.5) is 5.69 Å². The molecule has 0 saturated heterocycles. The number of nitrogens with zero attached hydrogens (tertiary/aromatic N) is 3. The Balaban J connectivity index is 2.22. The van der Waals surface area contributed by atoms with Crippen molar-refractivity contribution in [1.29, 1.82) is 0 Å². The number of aryl methyl sites for hydroxylation is 1. The van der Waals surface area contributed by atoms with Crippen LogP contribution in [0.15, 0.2) is 27.8 Å². The van der Waals surface area contributed by atoms with Crippen LogP contribution in [0.2, 0.25) is 0 Å². The van der Waals surface area contributed by atoms with Gasteiger partial charge in [-0.15, -0.1) is 0 Å². The standard InChI is InChI=1S/C15H20N4O4S/c1-9(2)14-16-7-11(8-17-14)18-15(20)12-6-13(10(3)23-12)24(21,22)19(4)5/h6-9H,1-5H3,(H,18,20). The summed E-state index contributed by atoms with van der Waals surface area (Å²) in [5, 5.41) is 2.58. The van der Waals surface area contributed by atoms with Crippen LogP contribution < -0.4 is 5.32 Å². The van der Waals surface area contributed by atoms with E-state index in [9.17, 15) is 13.2 Å². The van der Waals surface area contributed by atoms with E-state index in [2.05, 4.69) is 15.3 Å². The third-order valence-corrected chi connectivity index (χ3v) is 5.22. The van der Waals surface area contributed by atoms with Gasteiger partial charge in [-0.3, -0.25) is 4.79 Å². The average molecular weight is 352 g/mol. The molecule has 130 valence electrons. The van der Waals surface area contributed by atoms with Gasteiger partial charge in [0.25, 0.3) is 5.91 Å². The summed E-state index contributed by atoms with van der Waals surface area (Å²) < 4.78 is 30.7. The van der Waals surface area contributed by atoms with Crippen molar-refractivity contribution in [2.45, 2.75) is 31.6 Å². The van der Waals surface area contributed by atoms with Crippen LogP contribution >= 0.6 is 0 Å². The van der Waals surface area contributed by atoms with Crippen molar-refractivity contribution in [3.8, 4) is 0 Å². The molecule has 0 radical (unpaired) electrons. The summed E-state index contributed by atoms with van der Waals surface area (Å²) in [6.45, 7) is 5.42. The Morgan fingerprint density at radius 1 is 1.25 bits per heavy atom. The van der Waals surface area contributed by atoms with E-state index in [0.717, 1.165) is 4.31 Å². The number of aromatic nitrogens is 2. The maximum Gasteiger partial charge on any atom is 0.291 e. The molecule has 0 fully saturated rings. The fraction of sp³-hybridized carbons (Fsp3) is 0.400. The number of furan rings is 1. The normalized spacial score (nSPS) is 12.0. The van der Waals surface area contributed by atoms with Crippen LogP contribution in [-0.2, 0) is 10.0 Å². The molecule has 0 spiro atoms. The second-order valence-electron chi connectivity index (χ2n) is 5.76. The molecule has 0 saturated carbocycles. The highest BCUT2D eigenvalue weighted by molar-refractivity contribution is 7.89. The number of sulfonamides is 1. The third-order valence-electron chi connectivity index (χ3n) is 3.30. The number of amides is 1. The molecule has 0 aliphatic heterocycles. The molecule has 9 heteroatoms. The largest absolute Gasteiger partial charge is 0.455 e. The van der Waals surface area contributed by atoms with Crippen molar-refractivity contribution in [1.82, 2.24) is 14.3 Å². The van der Waals surface area contributed by atoms with Crippen molar-refractivity contribution >= 4 is 21.6 Å². The Morgan fingerprint density at radius 2 is 1.83 bits per heavy atom. The van der Waals surface area contributed by atoms with Crippen LogP contribution in [0.5, 0.6) is 0 Å². The lowest BCUT2D eigenvalue weighted by atomic mass is 10.2. The summed E-state index contributed by atoms with van der Waals surface area (Å²) >= 11 is 0. The Morgan fingerprint density at radius 3 is 2.33 bits per heavy atom. The maximum absolute atomic E-state index is 12.2. The SMILES string of the molecule is Cc1oc(C(=O)Nc2cnc(C(C)C)nc2)cc1S(=O)(=O)N(C)C. The molecule has 1 amide bonds. The lowest BCUT2D eigenvalue weighted by Gasteiger charge is -2.09. The van der Waals surface area contributed by atoms with Crippen molar-refractivity contribution in [2.75, 3.05) is 19.4 Å². The lowest BCUT2D eigenvalue weighted by Crippen LogP contribution is -2.22. The van der Waals surface area contributed by atoms with Gasteiger partial charge in [0.05, 0.1) is 18.1 Å². The zero-order valence-electron chi connectivity index (χ0n) is 14.2. The van der Waals surface area contributed by atoms with Gasteiger partial charge in [-0.2, -0.15) is 0 Å². The lowest BCUT2D eigenvalue weighted by molar-refractivity contribution is 0.0995. The minimum atomic E-state index is -3.67. The maximum atomic E-state index is 12.2. The highest BCUT2D eigenvalue weighted by atomic mass is 32.2. The van der Waals surface area contributed by atoms with Gasteiger partial charge >= 0.3 is 0 Å². The highest BCUT2D eigenvalue weighted by Crippen LogP contribution is 2.23.